The highest BCUT2D eigenvalue weighted by atomic mass is 14.4. The molecule has 0 saturated heterocycles. The van der Waals surface area contributed by atoms with Crippen molar-refractivity contribution in [2.45, 2.75) is 19.3 Å². The van der Waals surface area contributed by atoms with Crippen LogP contribution in [0, 0.1) is 0 Å². The lowest BCUT2D eigenvalue weighted by molar-refractivity contribution is 0.661. The Kier molecular flexibility index (Phi) is 7.00. The highest BCUT2D eigenvalue weighted by Gasteiger charge is 2.37. The topological polar surface area (TPSA) is 0 Å². The summed E-state index contributed by atoms with van der Waals surface area (Å²) in [5.41, 5.74) is 15.4. The first kappa shape index (κ1) is 31.7. The van der Waals surface area contributed by atoms with E-state index in [0.717, 1.165) is 0 Å². The van der Waals surface area contributed by atoms with Crippen molar-refractivity contribution in [2.24, 2.45) is 0 Å². The van der Waals surface area contributed by atoms with E-state index in [1.807, 2.05) is 0 Å². The Hall–Kier alpha value is -6.76. The van der Waals surface area contributed by atoms with Gasteiger partial charge in [-0.15, -0.1) is 0 Å². The van der Waals surface area contributed by atoms with Gasteiger partial charge in [-0.2, -0.15) is 0 Å². The van der Waals surface area contributed by atoms with E-state index in [9.17, 15) is 0 Å². The minimum Gasteiger partial charge on any atom is -0.0622 e. The lowest BCUT2D eigenvalue weighted by Gasteiger charge is -2.24. The van der Waals surface area contributed by atoms with E-state index in [-0.39, 0.29) is 5.41 Å². The molecule has 11 rings (SSSR count). The monoisotopic (exact) mass is 698 g/mol. The first-order valence-electron chi connectivity index (χ1n) is 19.3. The molecule has 0 spiro atoms. The van der Waals surface area contributed by atoms with Crippen molar-refractivity contribution in [2.75, 3.05) is 0 Å². The molecule has 0 atom stereocenters. The van der Waals surface area contributed by atoms with E-state index < -0.39 is 0 Å². The summed E-state index contributed by atoms with van der Waals surface area (Å²) in [7, 11) is 0. The molecular weight excluding hydrogens is 661 g/mol. The van der Waals surface area contributed by atoms with Crippen LogP contribution < -0.4 is 0 Å². The smallest absolute Gasteiger partial charge is 0.0159 e. The third-order valence-corrected chi connectivity index (χ3v) is 12.2. The van der Waals surface area contributed by atoms with Crippen LogP contribution in [0.4, 0.5) is 0 Å². The molecule has 0 nitrogen and oxygen atoms in total. The van der Waals surface area contributed by atoms with Crippen LogP contribution in [0.15, 0.2) is 194 Å². The SMILES string of the molecule is CC1(C)c2ccccc2-c2c1cc(-c1c3ccccc3c(-c3ccccc3)c3ccc(-c4ccc5cc(-c6ccccc6)ccc5c4)cc13)c1ccccc21. The number of rotatable bonds is 4. The third-order valence-electron chi connectivity index (χ3n) is 12.2. The molecular formula is C55H38. The Bertz CT molecular complexity index is 3150. The molecule has 10 aromatic carbocycles. The van der Waals surface area contributed by atoms with Gasteiger partial charge in [0.15, 0.2) is 0 Å². The average Bonchev–Trinajstić information content (AvgIpc) is 3.48. The Morgan fingerprint density at radius 2 is 0.764 bits per heavy atom. The van der Waals surface area contributed by atoms with E-state index in [0.29, 0.717) is 0 Å². The summed E-state index contributed by atoms with van der Waals surface area (Å²) in [6, 6.07) is 72.2. The van der Waals surface area contributed by atoms with Gasteiger partial charge >= 0.3 is 0 Å². The number of fused-ring (bicyclic) bond motifs is 8. The normalized spacial score (nSPS) is 13.1. The van der Waals surface area contributed by atoms with Crippen LogP contribution in [0.1, 0.15) is 25.0 Å². The maximum Gasteiger partial charge on any atom is 0.0159 e. The summed E-state index contributed by atoms with van der Waals surface area (Å²) in [5, 5.41) is 10.2. The van der Waals surface area contributed by atoms with E-state index in [2.05, 4.69) is 208 Å². The standard InChI is InChI=1S/C55H38/c1-55(2)50-24-14-13-23-47(50)54-43-20-10-9-19-42(43)49(34-51(54)55)53-45-22-12-11-21-44(45)52(36-17-7-4-8-18-36)46-30-29-41(33-48(46)53)40-28-27-38-31-37(25-26-39(38)32-40)35-15-5-3-6-16-35/h3-34H,1-2H3. The molecule has 0 aliphatic heterocycles. The second-order valence-electron chi connectivity index (χ2n) is 15.6. The molecule has 0 saturated carbocycles. The molecule has 0 bridgehead atoms. The van der Waals surface area contributed by atoms with Gasteiger partial charge in [-0.05, 0) is 134 Å². The van der Waals surface area contributed by atoms with Gasteiger partial charge in [0.1, 0.15) is 0 Å². The van der Waals surface area contributed by atoms with Crippen molar-refractivity contribution in [3.05, 3.63) is 205 Å². The fourth-order valence-electron chi connectivity index (χ4n) is 9.56. The number of hydrogen-bond donors (Lipinski definition) is 0. The summed E-state index contributed by atoms with van der Waals surface area (Å²) in [6.07, 6.45) is 0. The second-order valence-corrected chi connectivity index (χ2v) is 15.6. The van der Waals surface area contributed by atoms with Gasteiger partial charge in [0.25, 0.3) is 0 Å². The van der Waals surface area contributed by atoms with E-state index >= 15 is 0 Å². The molecule has 0 fully saturated rings. The lowest BCUT2D eigenvalue weighted by Crippen LogP contribution is -2.15. The zero-order chi connectivity index (χ0) is 36.7. The van der Waals surface area contributed by atoms with Crippen LogP contribution in [0.3, 0.4) is 0 Å². The van der Waals surface area contributed by atoms with Crippen LogP contribution in [0.25, 0.3) is 98.7 Å². The van der Waals surface area contributed by atoms with E-state index in [1.54, 1.807) is 0 Å². The zero-order valence-corrected chi connectivity index (χ0v) is 31.0. The highest BCUT2D eigenvalue weighted by molar-refractivity contribution is 6.25. The Labute approximate surface area is 322 Å². The van der Waals surface area contributed by atoms with Crippen molar-refractivity contribution < 1.29 is 0 Å². The molecule has 0 aromatic heterocycles. The van der Waals surface area contributed by atoms with Gasteiger partial charge in [-0.3, -0.25) is 0 Å². The fourth-order valence-corrected chi connectivity index (χ4v) is 9.56. The van der Waals surface area contributed by atoms with Crippen LogP contribution in [-0.4, -0.2) is 0 Å². The quantitative estimate of drug-likeness (QED) is 0.161. The van der Waals surface area contributed by atoms with E-state index in [4.69, 9.17) is 0 Å². The maximum absolute atomic E-state index is 2.54. The fraction of sp³-hybridized carbons (Fsp3) is 0.0545. The Balaban J connectivity index is 1.21. The van der Waals surface area contributed by atoms with Gasteiger partial charge in [0, 0.05) is 5.41 Å². The van der Waals surface area contributed by atoms with Crippen molar-refractivity contribution in [1.82, 2.24) is 0 Å². The summed E-state index contributed by atoms with van der Waals surface area (Å²) in [5.74, 6) is 0. The number of hydrogen-bond acceptors (Lipinski definition) is 0. The molecule has 0 heteroatoms. The summed E-state index contributed by atoms with van der Waals surface area (Å²) >= 11 is 0. The van der Waals surface area contributed by atoms with Gasteiger partial charge < -0.3 is 0 Å². The third kappa shape index (κ3) is 4.85. The van der Waals surface area contributed by atoms with Crippen LogP contribution in [0.5, 0.6) is 0 Å². The molecule has 0 heterocycles. The predicted octanol–water partition coefficient (Wildman–Crippen LogP) is 15.3. The Morgan fingerprint density at radius 3 is 1.45 bits per heavy atom. The van der Waals surface area contributed by atoms with Crippen LogP contribution in [-0.2, 0) is 5.41 Å². The Morgan fingerprint density at radius 1 is 0.273 bits per heavy atom. The zero-order valence-electron chi connectivity index (χ0n) is 31.0. The number of benzene rings is 10. The second kappa shape index (κ2) is 12.1. The molecule has 1 aliphatic carbocycles. The van der Waals surface area contributed by atoms with Crippen LogP contribution >= 0.6 is 0 Å². The molecule has 0 N–H and O–H groups in total. The van der Waals surface area contributed by atoms with Gasteiger partial charge in [0.2, 0.25) is 0 Å². The molecule has 1 aliphatic rings. The molecule has 258 valence electrons. The van der Waals surface area contributed by atoms with Crippen molar-refractivity contribution in [3.8, 4) is 55.6 Å². The van der Waals surface area contributed by atoms with Crippen molar-refractivity contribution >= 4 is 43.1 Å². The van der Waals surface area contributed by atoms with Gasteiger partial charge in [-0.1, -0.05) is 184 Å². The maximum atomic E-state index is 2.54. The highest BCUT2D eigenvalue weighted by Crippen LogP contribution is 2.55. The summed E-state index contributed by atoms with van der Waals surface area (Å²) < 4.78 is 0. The predicted molar refractivity (Wildman–Crippen MR) is 236 cm³/mol. The first-order valence-corrected chi connectivity index (χ1v) is 19.3. The largest absolute Gasteiger partial charge is 0.0622 e. The molecule has 0 radical (unpaired) electrons. The molecule has 0 amide bonds. The van der Waals surface area contributed by atoms with E-state index in [1.165, 1.54) is 110 Å². The summed E-state index contributed by atoms with van der Waals surface area (Å²) in [6.45, 7) is 4.79. The molecule has 55 heavy (non-hydrogen) atoms. The van der Waals surface area contributed by atoms with Gasteiger partial charge in [0.05, 0.1) is 0 Å². The summed E-state index contributed by atoms with van der Waals surface area (Å²) in [4.78, 5) is 0. The molecule has 0 unspecified atom stereocenters. The average molecular weight is 699 g/mol. The van der Waals surface area contributed by atoms with Crippen molar-refractivity contribution in [1.29, 1.82) is 0 Å². The molecule has 10 aromatic rings. The lowest BCUT2D eigenvalue weighted by atomic mass is 9.78. The van der Waals surface area contributed by atoms with Gasteiger partial charge in [-0.25, -0.2) is 0 Å². The van der Waals surface area contributed by atoms with Crippen molar-refractivity contribution in [3.63, 3.8) is 0 Å². The minimum absolute atomic E-state index is 0.128. The van der Waals surface area contributed by atoms with Crippen LogP contribution in [0.2, 0.25) is 0 Å². The first-order chi connectivity index (χ1) is 27.0. The minimum atomic E-state index is -0.128.